The second-order valence-corrected chi connectivity index (χ2v) is 12.6. The van der Waals surface area contributed by atoms with Crippen LogP contribution in [0.4, 0.5) is 0 Å². The van der Waals surface area contributed by atoms with Crippen molar-refractivity contribution in [3.8, 4) is 0 Å². The maximum atomic E-state index is 12.4. The molecule has 202 valence electrons. The van der Waals surface area contributed by atoms with Crippen LogP contribution in [-0.4, -0.2) is 60.0 Å². The first-order chi connectivity index (χ1) is 16.0. The molecule has 1 fully saturated rings. The van der Waals surface area contributed by atoms with Gasteiger partial charge in [-0.05, 0) is 31.6 Å². The average Bonchev–Trinajstić information content (AvgIpc) is 3.17. The van der Waals surface area contributed by atoms with Gasteiger partial charge < -0.3 is 19.6 Å². The molecule has 0 saturated heterocycles. The van der Waals surface area contributed by atoms with Gasteiger partial charge in [0, 0.05) is 12.5 Å². The summed E-state index contributed by atoms with van der Waals surface area (Å²) in [6, 6.07) is 0.0785. The molecule has 0 aromatic rings. The Kier molecular flexibility index (Phi) is 15.9. The molecule has 1 amide bonds. The lowest BCUT2D eigenvalue weighted by atomic mass is 9.99. The van der Waals surface area contributed by atoms with Crippen LogP contribution in [0.5, 0.6) is 0 Å². The lowest BCUT2D eigenvalue weighted by Crippen LogP contribution is -2.45. The molecule has 0 heterocycles. The Bertz CT molecular complexity index is 590. The number of carbonyl (C=O) groups excluding carboxylic acids is 1. The molecule has 3 N–H and O–H groups in total. The Morgan fingerprint density at radius 1 is 0.912 bits per heavy atom. The van der Waals surface area contributed by atoms with Gasteiger partial charge in [-0.2, -0.15) is 0 Å². The molecular formula is C26H54N2O5P+. The third kappa shape index (κ3) is 17.0. The normalized spacial score (nSPS) is 19.9. The number of hydrogen-bond acceptors (Lipinski definition) is 3. The van der Waals surface area contributed by atoms with Crippen molar-refractivity contribution in [2.24, 2.45) is 5.92 Å². The smallest absolute Gasteiger partial charge is 0.353 e. The quantitative estimate of drug-likeness (QED) is 0.108. The summed E-state index contributed by atoms with van der Waals surface area (Å²) in [5.74, 6) is 0.152. The van der Waals surface area contributed by atoms with Crippen molar-refractivity contribution >= 4 is 13.7 Å². The molecule has 0 aliphatic heterocycles. The van der Waals surface area contributed by atoms with E-state index in [0.717, 1.165) is 32.1 Å². The van der Waals surface area contributed by atoms with Gasteiger partial charge in [-0.25, -0.2) is 4.57 Å². The highest BCUT2D eigenvalue weighted by Gasteiger charge is 2.38. The minimum Gasteiger partial charge on any atom is -0.353 e. The Balaban J connectivity index is 2.12. The second-order valence-electron chi connectivity index (χ2n) is 11.4. The van der Waals surface area contributed by atoms with Crippen LogP contribution in [-0.2, 0) is 13.9 Å². The number of phosphoric ester groups is 1. The van der Waals surface area contributed by atoms with Gasteiger partial charge in [0.05, 0.1) is 21.1 Å². The Morgan fingerprint density at radius 2 is 1.41 bits per heavy atom. The summed E-state index contributed by atoms with van der Waals surface area (Å²) < 4.78 is 17.2. The van der Waals surface area contributed by atoms with E-state index < -0.39 is 13.9 Å². The van der Waals surface area contributed by atoms with Crippen molar-refractivity contribution in [3.63, 3.8) is 0 Å². The van der Waals surface area contributed by atoms with Gasteiger partial charge in [-0.15, -0.1) is 0 Å². The Hall–Kier alpha value is -0.460. The monoisotopic (exact) mass is 505 g/mol. The number of likely N-dealkylation sites (N-methyl/N-ethyl adjacent to an activating group) is 1. The number of quaternary nitrogens is 1. The summed E-state index contributed by atoms with van der Waals surface area (Å²) in [7, 11) is 1.41. The average molecular weight is 506 g/mol. The Morgan fingerprint density at radius 3 is 1.88 bits per heavy atom. The number of rotatable bonds is 20. The molecule has 3 unspecified atom stereocenters. The minimum atomic E-state index is -4.54. The molecule has 0 radical (unpaired) electrons. The van der Waals surface area contributed by atoms with Crippen LogP contribution in [0, 0.1) is 5.92 Å². The van der Waals surface area contributed by atoms with E-state index in [-0.39, 0.29) is 17.9 Å². The van der Waals surface area contributed by atoms with E-state index in [0.29, 0.717) is 17.4 Å². The largest absolute Gasteiger partial charge is 0.470 e. The van der Waals surface area contributed by atoms with Crippen molar-refractivity contribution in [2.45, 2.75) is 128 Å². The first kappa shape index (κ1) is 31.6. The van der Waals surface area contributed by atoms with Gasteiger partial charge in [0.1, 0.15) is 12.6 Å². The number of carbonyl (C=O) groups is 1. The first-order valence-corrected chi connectivity index (χ1v) is 15.4. The van der Waals surface area contributed by atoms with E-state index >= 15 is 0 Å². The van der Waals surface area contributed by atoms with E-state index in [1.165, 1.54) is 70.6 Å². The summed E-state index contributed by atoms with van der Waals surface area (Å²) in [6.45, 7) is 2.78. The minimum absolute atomic E-state index is 0.0478. The molecule has 1 aliphatic carbocycles. The zero-order valence-corrected chi connectivity index (χ0v) is 23.4. The molecule has 0 bridgehead atoms. The van der Waals surface area contributed by atoms with Crippen LogP contribution in [0.3, 0.4) is 0 Å². The number of unbranched alkanes of at least 4 members (excludes halogenated alkanes) is 12. The molecule has 1 aliphatic rings. The zero-order chi connectivity index (χ0) is 25.5. The molecule has 0 aromatic heterocycles. The van der Waals surface area contributed by atoms with Gasteiger partial charge in [-0.1, -0.05) is 84.0 Å². The highest BCUT2D eigenvalue weighted by molar-refractivity contribution is 7.46. The van der Waals surface area contributed by atoms with E-state index in [9.17, 15) is 19.1 Å². The topological polar surface area (TPSA) is 95.9 Å². The zero-order valence-electron chi connectivity index (χ0n) is 22.5. The van der Waals surface area contributed by atoms with Gasteiger partial charge in [0.2, 0.25) is 5.91 Å². The fourth-order valence-corrected chi connectivity index (χ4v) is 5.66. The molecule has 0 aromatic carbocycles. The standard InChI is InChI=1S/C26H53N2O5P/c1-5-6-7-8-9-10-11-12-13-14-15-16-17-18-26(29)27-24-20-19-23(21-24)25(22-28(2,3)4)33-34(30,31)32/h23-25H,5-22H2,1-4H3,(H2-,27,29,30,31,32)/p+1. The van der Waals surface area contributed by atoms with E-state index in [1.807, 2.05) is 21.1 Å². The molecule has 1 rings (SSSR count). The predicted octanol–water partition coefficient (Wildman–Crippen LogP) is 5.94. The van der Waals surface area contributed by atoms with Gasteiger partial charge in [-0.3, -0.25) is 9.32 Å². The highest BCUT2D eigenvalue weighted by atomic mass is 31.2. The van der Waals surface area contributed by atoms with Crippen LogP contribution in [0.15, 0.2) is 0 Å². The summed E-state index contributed by atoms with van der Waals surface area (Å²) in [6.07, 6.45) is 19.3. The third-order valence-corrected chi connectivity index (χ3v) is 7.42. The fourth-order valence-electron chi connectivity index (χ4n) is 5.07. The molecule has 3 atom stereocenters. The molecule has 7 nitrogen and oxygen atoms in total. The van der Waals surface area contributed by atoms with Crippen LogP contribution in [0.25, 0.3) is 0 Å². The van der Waals surface area contributed by atoms with E-state index in [2.05, 4.69) is 12.2 Å². The van der Waals surface area contributed by atoms with Crippen molar-refractivity contribution < 1.29 is 28.2 Å². The number of hydrogen-bond donors (Lipinski definition) is 3. The van der Waals surface area contributed by atoms with Crippen molar-refractivity contribution in [1.29, 1.82) is 0 Å². The van der Waals surface area contributed by atoms with Gasteiger partial charge in [0.15, 0.2) is 0 Å². The summed E-state index contributed by atoms with van der Waals surface area (Å²) in [5, 5.41) is 3.14. The lowest BCUT2D eigenvalue weighted by molar-refractivity contribution is -0.873. The summed E-state index contributed by atoms with van der Waals surface area (Å²) in [4.78, 5) is 31.0. The van der Waals surface area contributed by atoms with Crippen molar-refractivity contribution in [3.05, 3.63) is 0 Å². The molecule has 1 saturated carbocycles. The Labute approximate surface area is 209 Å². The molecule has 8 heteroatoms. The van der Waals surface area contributed by atoms with E-state index in [1.54, 1.807) is 0 Å². The number of nitrogens with zero attached hydrogens (tertiary/aromatic N) is 1. The van der Waals surface area contributed by atoms with Crippen molar-refractivity contribution in [1.82, 2.24) is 5.32 Å². The fraction of sp³-hybridized carbons (Fsp3) is 0.962. The van der Waals surface area contributed by atoms with Crippen LogP contribution in [0.2, 0.25) is 0 Å². The third-order valence-electron chi connectivity index (χ3n) is 6.87. The van der Waals surface area contributed by atoms with Crippen LogP contribution >= 0.6 is 7.82 Å². The predicted molar refractivity (Wildman–Crippen MR) is 139 cm³/mol. The van der Waals surface area contributed by atoms with Gasteiger partial charge in [0.25, 0.3) is 0 Å². The number of amides is 1. The maximum Gasteiger partial charge on any atom is 0.470 e. The number of nitrogens with one attached hydrogen (secondary N) is 1. The second kappa shape index (κ2) is 17.1. The maximum absolute atomic E-state index is 12.4. The molecule has 34 heavy (non-hydrogen) atoms. The first-order valence-electron chi connectivity index (χ1n) is 13.8. The summed E-state index contributed by atoms with van der Waals surface area (Å²) in [5.41, 5.74) is 0. The SMILES string of the molecule is CCCCCCCCCCCCCCCC(=O)NC1CCC(C(C[N+](C)(C)C)OP(=O)(O)O)C1. The van der Waals surface area contributed by atoms with E-state index in [4.69, 9.17) is 4.52 Å². The molecular weight excluding hydrogens is 451 g/mol. The number of phosphoric acid groups is 1. The van der Waals surface area contributed by atoms with Gasteiger partial charge >= 0.3 is 7.82 Å². The van der Waals surface area contributed by atoms with Crippen LogP contribution in [0.1, 0.15) is 116 Å². The van der Waals surface area contributed by atoms with Crippen LogP contribution < -0.4 is 5.32 Å². The highest BCUT2D eigenvalue weighted by Crippen LogP contribution is 2.42. The molecule has 0 spiro atoms. The summed E-state index contributed by atoms with van der Waals surface area (Å²) >= 11 is 0. The van der Waals surface area contributed by atoms with Crippen molar-refractivity contribution in [2.75, 3.05) is 27.7 Å². The lowest BCUT2D eigenvalue weighted by Gasteiger charge is -2.32.